The van der Waals surface area contributed by atoms with Gasteiger partial charge in [0.2, 0.25) is 15.9 Å². The number of rotatable bonds is 7. The van der Waals surface area contributed by atoms with Crippen molar-refractivity contribution in [2.45, 2.75) is 17.9 Å². The number of carbonyl (C=O) groups is 2. The van der Waals surface area contributed by atoms with E-state index in [0.717, 1.165) is 9.87 Å². The van der Waals surface area contributed by atoms with Crippen molar-refractivity contribution >= 4 is 27.6 Å². The molecule has 0 saturated carbocycles. The number of nitrogens with two attached hydrogens (primary N) is 1. The van der Waals surface area contributed by atoms with Gasteiger partial charge in [-0.3, -0.25) is 4.79 Å². The number of urea groups is 1. The Labute approximate surface area is 158 Å². The van der Waals surface area contributed by atoms with Crippen LogP contribution in [0.5, 0.6) is 0 Å². The van der Waals surface area contributed by atoms with Gasteiger partial charge in [0.25, 0.3) is 0 Å². The molecule has 0 fully saturated rings. The number of carbonyl (C=O) groups excluding carboxylic acids is 2. The lowest BCUT2D eigenvalue weighted by atomic mass is 10.1. The van der Waals surface area contributed by atoms with Crippen molar-refractivity contribution in [2.24, 2.45) is 5.73 Å². The third-order valence-corrected chi connectivity index (χ3v) is 5.69. The molecule has 27 heavy (non-hydrogen) atoms. The maximum atomic E-state index is 12.5. The summed E-state index contributed by atoms with van der Waals surface area (Å²) in [6, 6.07) is 13.7. The SMILES string of the molecule is CC(NC(=O)CN(C)S(=O)(=O)c1ccccc1)c1ccc(NC(N)=O)cc1. The molecule has 0 aliphatic carbocycles. The number of sulfonamides is 1. The Hall–Kier alpha value is -2.91. The number of hydrogen-bond acceptors (Lipinski definition) is 4. The maximum Gasteiger partial charge on any atom is 0.316 e. The van der Waals surface area contributed by atoms with Gasteiger partial charge in [0, 0.05) is 12.7 Å². The van der Waals surface area contributed by atoms with Crippen LogP contribution in [-0.2, 0) is 14.8 Å². The molecule has 0 aliphatic rings. The molecule has 144 valence electrons. The predicted octanol–water partition coefficient (Wildman–Crippen LogP) is 1.68. The van der Waals surface area contributed by atoms with Gasteiger partial charge in [0.15, 0.2) is 0 Å². The van der Waals surface area contributed by atoms with Crippen LogP contribution in [-0.4, -0.2) is 38.3 Å². The fourth-order valence-corrected chi connectivity index (χ4v) is 3.58. The van der Waals surface area contributed by atoms with E-state index in [-0.39, 0.29) is 17.5 Å². The van der Waals surface area contributed by atoms with Gasteiger partial charge in [-0.25, -0.2) is 13.2 Å². The lowest BCUT2D eigenvalue weighted by Gasteiger charge is -2.19. The highest BCUT2D eigenvalue weighted by Gasteiger charge is 2.23. The monoisotopic (exact) mass is 390 g/mol. The zero-order valence-electron chi connectivity index (χ0n) is 15.0. The number of likely N-dealkylation sites (N-methyl/N-ethyl adjacent to an activating group) is 1. The molecular weight excluding hydrogens is 368 g/mol. The Morgan fingerprint density at radius 1 is 1.07 bits per heavy atom. The summed E-state index contributed by atoms with van der Waals surface area (Å²) in [4.78, 5) is 23.2. The van der Waals surface area contributed by atoms with Gasteiger partial charge in [-0.05, 0) is 36.8 Å². The summed E-state index contributed by atoms with van der Waals surface area (Å²) in [5, 5.41) is 5.20. The van der Waals surface area contributed by atoms with Gasteiger partial charge in [0.1, 0.15) is 0 Å². The number of anilines is 1. The molecule has 1 atom stereocenters. The Morgan fingerprint density at radius 3 is 2.22 bits per heavy atom. The summed E-state index contributed by atoms with van der Waals surface area (Å²) >= 11 is 0. The summed E-state index contributed by atoms with van der Waals surface area (Å²) in [6.45, 7) is 1.48. The lowest BCUT2D eigenvalue weighted by Crippen LogP contribution is -2.39. The molecule has 0 heterocycles. The topological polar surface area (TPSA) is 122 Å². The number of amides is 3. The van der Waals surface area contributed by atoms with Crippen LogP contribution in [0.4, 0.5) is 10.5 Å². The van der Waals surface area contributed by atoms with E-state index in [1.807, 2.05) is 0 Å². The number of nitrogens with one attached hydrogen (secondary N) is 2. The zero-order chi connectivity index (χ0) is 20.0. The van der Waals surface area contributed by atoms with Gasteiger partial charge in [-0.15, -0.1) is 0 Å². The lowest BCUT2D eigenvalue weighted by molar-refractivity contribution is -0.121. The minimum Gasteiger partial charge on any atom is -0.351 e. The van der Waals surface area contributed by atoms with Crippen LogP contribution in [0, 0.1) is 0 Å². The minimum absolute atomic E-state index is 0.130. The molecule has 3 amide bonds. The Kier molecular flexibility index (Phi) is 6.54. The second kappa shape index (κ2) is 8.65. The molecular formula is C18H22N4O4S. The zero-order valence-corrected chi connectivity index (χ0v) is 15.9. The smallest absolute Gasteiger partial charge is 0.316 e. The first-order valence-electron chi connectivity index (χ1n) is 8.17. The molecule has 0 saturated heterocycles. The van der Waals surface area contributed by atoms with E-state index in [0.29, 0.717) is 5.69 Å². The van der Waals surface area contributed by atoms with Crippen LogP contribution >= 0.6 is 0 Å². The number of nitrogens with zero attached hydrogens (tertiary/aromatic N) is 1. The average molecular weight is 390 g/mol. The molecule has 1 unspecified atom stereocenters. The highest BCUT2D eigenvalue weighted by Crippen LogP contribution is 2.17. The van der Waals surface area contributed by atoms with Crippen LogP contribution in [0.2, 0.25) is 0 Å². The summed E-state index contributed by atoms with van der Waals surface area (Å²) in [5.41, 5.74) is 6.39. The largest absolute Gasteiger partial charge is 0.351 e. The number of hydrogen-bond donors (Lipinski definition) is 3. The number of primary amides is 1. The highest BCUT2D eigenvalue weighted by atomic mass is 32.2. The molecule has 0 radical (unpaired) electrons. The van der Waals surface area contributed by atoms with E-state index >= 15 is 0 Å². The summed E-state index contributed by atoms with van der Waals surface area (Å²) in [7, 11) is -2.37. The van der Waals surface area contributed by atoms with Gasteiger partial charge in [-0.1, -0.05) is 30.3 Å². The van der Waals surface area contributed by atoms with Gasteiger partial charge >= 0.3 is 6.03 Å². The Balaban J connectivity index is 1.97. The van der Waals surface area contributed by atoms with Crippen LogP contribution < -0.4 is 16.4 Å². The first-order valence-corrected chi connectivity index (χ1v) is 9.61. The second-order valence-corrected chi connectivity index (χ2v) is 8.02. The summed E-state index contributed by atoms with van der Waals surface area (Å²) < 4.78 is 25.9. The fourth-order valence-electron chi connectivity index (χ4n) is 2.43. The molecule has 4 N–H and O–H groups in total. The van der Waals surface area contributed by atoms with Crippen molar-refractivity contribution in [3.63, 3.8) is 0 Å². The highest BCUT2D eigenvalue weighted by molar-refractivity contribution is 7.89. The fraction of sp³-hybridized carbons (Fsp3) is 0.222. The van der Waals surface area contributed by atoms with Crippen LogP contribution in [0.15, 0.2) is 59.5 Å². The summed E-state index contributed by atoms with van der Waals surface area (Å²) in [5.74, 6) is -0.427. The Bertz CT molecular complexity index is 899. The molecule has 0 aromatic heterocycles. The normalized spacial score (nSPS) is 12.4. The van der Waals surface area contributed by atoms with Gasteiger partial charge in [0.05, 0.1) is 17.5 Å². The van der Waals surface area contributed by atoms with Crippen LogP contribution in [0.1, 0.15) is 18.5 Å². The molecule has 0 spiro atoms. The molecule has 2 aromatic carbocycles. The van der Waals surface area contributed by atoms with Crippen molar-refractivity contribution in [3.8, 4) is 0 Å². The minimum atomic E-state index is -3.73. The van der Waals surface area contributed by atoms with Crippen LogP contribution in [0.3, 0.4) is 0 Å². The number of benzene rings is 2. The van der Waals surface area contributed by atoms with Crippen molar-refractivity contribution in [1.29, 1.82) is 0 Å². The molecule has 9 heteroatoms. The predicted molar refractivity (Wildman–Crippen MR) is 102 cm³/mol. The van der Waals surface area contributed by atoms with E-state index < -0.39 is 22.0 Å². The van der Waals surface area contributed by atoms with E-state index in [9.17, 15) is 18.0 Å². The first kappa shape index (κ1) is 20.4. The van der Waals surface area contributed by atoms with E-state index in [2.05, 4.69) is 10.6 Å². The van der Waals surface area contributed by atoms with Crippen molar-refractivity contribution in [1.82, 2.24) is 9.62 Å². The quantitative estimate of drug-likeness (QED) is 0.666. The molecule has 0 bridgehead atoms. The van der Waals surface area contributed by atoms with Crippen molar-refractivity contribution in [3.05, 3.63) is 60.2 Å². The Morgan fingerprint density at radius 2 is 1.67 bits per heavy atom. The molecule has 0 aliphatic heterocycles. The first-order chi connectivity index (χ1) is 12.7. The summed E-state index contributed by atoms with van der Waals surface area (Å²) in [6.07, 6.45) is 0. The molecule has 2 aromatic rings. The van der Waals surface area contributed by atoms with Crippen molar-refractivity contribution in [2.75, 3.05) is 18.9 Å². The standard InChI is InChI=1S/C18H22N4O4S/c1-13(14-8-10-15(11-9-14)21-18(19)24)20-17(23)12-22(2)27(25,26)16-6-4-3-5-7-16/h3-11,13H,12H2,1-2H3,(H,20,23)(H3,19,21,24). The van der Waals surface area contributed by atoms with Gasteiger partial charge < -0.3 is 16.4 Å². The third-order valence-electron chi connectivity index (χ3n) is 3.87. The van der Waals surface area contributed by atoms with Crippen LogP contribution in [0.25, 0.3) is 0 Å². The van der Waals surface area contributed by atoms with Gasteiger partial charge in [-0.2, -0.15) is 4.31 Å². The molecule has 8 nitrogen and oxygen atoms in total. The third kappa shape index (κ3) is 5.53. The average Bonchev–Trinajstić information content (AvgIpc) is 2.62. The van der Waals surface area contributed by atoms with E-state index in [1.54, 1.807) is 49.4 Å². The molecule has 2 rings (SSSR count). The maximum absolute atomic E-state index is 12.5. The second-order valence-electron chi connectivity index (χ2n) is 5.97. The van der Waals surface area contributed by atoms with E-state index in [1.165, 1.54) is 19.2 Å². The van der Waals surface area contributed by atoms with E-state index in [4.69, 9.17) is 5.73 Å². The van der Waals surface area contributed by atoms with Crippen molar-refractivity contribution < 1.29 is 18.0 Å².